The number of rotatable bonds is 7. The van der Waals surface area contributed by atoms with Crippen molar-refractivity contribution >= 4 is 9.84 Å². The number of hydrogen-bond acceptors (Lipinski definition) is 7. The number of halogens is 9. The third-order valence-electron chi connectivity index (χ3n) is 4.94. The van der Waals surface area contributed by atoms with Crippen molar-refractivity contribution in [1.29, 1.82) is 0 Å². The number of aromatic nitrogens is 7. The van der Waals surface area contributed by atoms with E-state index in [1.165, 1.54) is 25.0 Å². The molecule has 0 fully saturated rings. The molecule has 0 saturated carbocycles. The van der Waals surface area contributed by atoms with Gasteiger partial charge in [0.1, 0.15) is 22.6 Å². The van der Waals surface area contributed by atoms with Gasteiger partial charge in [-0.25, -0.2) is 28.4 Å². The first-order valence-electron chi connectivity index (χ1n) is 9.48. The van der Waals surface area contributed by atoms with E-state index < -0.39 is 61.6 Å². The van der Waals surface area contributed by atoms with Crippen molar-refractivity contribution in [2.75, 3.05) is 5.75 Å². The van der Waals surface area contributed by atoms with Crippen molar-refractivity contribution in [3.63, 3.8) is 0 Å². The maximum Gasteiger partial charge on any atom is 0.460 e. The second-order valence-electron chi connectivity index (χ2n) is 7.30. The van der Waals surface area contributed by atoms with Gasteiger partial charge in [0.25, 0.3) is 0 Å². The first kappa shape index (κ1) is 27.3. The standard InChI is InChI=1S/C17H14F9N7O2S/c1-4-36(34,35)8-5-27-11(12-29-7-32(2)31-12)30-10(8)13-28-6-9(33(13)3)14(18,19)15(20,21)16(22,23)17(24,25)26/h5-7H,4H2,1-3H3. The summed E-state index contributed by atoms with van der Waals surface area (Å²) in [5, 5.41) is 3.87. The van der Waals surface area contributed by atoms with Gasteiger partial charge in [0.2, 0.25) is 5.82 Å². The molecule has 0 aliphatic heterocycles. The van der Waals surface area contributed by atoms with Gasteiger partial charge in [-0.2, -0.15) is 39.5 Å². The van der Waals surface area contributed by atoms with Crippen LogP contribution in [0.5, 0.6) is 0 Å². The van der Waals surface area contributed by atoms with Gasteiger partial charge in [-0.3, -0.25) is 4.68 Å². The maximum atomic E-state index is 14.5. The quantitative estimate of drug-likeness (QED) is 0.415. The third-order valence-corrected chi connectivity index (χ3v) is 6.67. The molecule has 0 saturated heterocycles. The van der Waals surface area contributed by atoms with E-state index in [0.717, 1.165) is 6.20 Å². The zero-order valence-electron chi connectivity index (χ0n) is 18.2. The van der Waals surface area contributed by atoms with E-state index in [1.54, 1.807) is 0 Å². The van der Waals surface area contributed by atoms with Crippen LogP contribution in [0.25, 0.3) is 23.2 Å². The smallest absolute Gasteiger partial charge is 0.325 e. The molecule has 0 bridgehead atoms. The van der Waals surface area contributed by atoms with Crippen LogP contribution in [0.1, 0.15) is 12.6 Å². The van der Waals surface area contributed by atoms with Gasteiger partial charge >= 0.3 is 23.9 Å². The van der Waals surface area contributed by atoms with E-state index in [1.807, 2.05) is 0 Å². The van der Waals surface area contributed by atoms with E-state index in [-0.39, 0.29) is 22.4 Å². The minimum absolute atomic E-state index is 0.0347. The van der Waals surface area contributed by atoms with Gasteiger partial charge < -0.3 is 4.57 Å². The average molecular weight is 551 g/mol. The highest BCUT2D eigenvalue weighted by Gasteiger charge is 2.82. The number of aryl methyl sites for hydroxylation is 1. The van der Waals surface area contributed by atoms with E-state index in [4.69, 9.17) is 0 Å². The predicted octanol–water partition coefficient (Wildman–Crippen LogP) is 3.39. The van der Waals surface area contributed by atoms with E-state index in [9.17, 15) is 47.9 Å². The summed E-state index contributed by atoms with van der Waals surface area (Å²) in [5.41, 5.74) is -2.80. The van der Waals surface area contributed by atoms with Crippen molar-refractivity contribution < 1.29 is 47.9 Å². The Morgan fingerprint density at radius 2 is 1.47 bits per heavy atom. The molecule has 0 aliphatic rings. The summed E-state index contributed by atoms with van der Waals surface area (Å²) in [6.07, 6.45) is -5.15. The summed E-state index contributed by atoms with van der Waals surface area (Å²) < 4.78 is 147. The Morgan fingerprint density at radius 3 is 1.97 bits per heavy atom. The van der Waals surface area contributed by atoms with Crippen LogP contribution in [0, 0.1) is 0 Å². The maximum absolute atomic E-state index is 14.5. The molecule has 3 rings (SSSR count). The molecule has 0 unspecified atom stereocenters. The normalized spacial score (nSPS) is 13.9. The number of imidazole rings is 1. The SMILES string of the molecule is CCS(=O)(=O)c1cnc(-c2ncn(C)n2)nc1-c1ncc(C(F)(F)C(F)(F)C(F)(F)C(F)(F)F)n1C. The van der Waals surface area contributed by atoms with Crippen molar-refractivity contribution in [2.24, 2.45) is 14.1 Å². The van der Waals surface area contributed by atoms with Gasteiger partial charge in [-0.15, -0.1) is 5.10 Å². The second kappa shape index (κ2) is 8.41. The molecule has 3 aromatic rings. The molecular weight excluding hydrogens is 537 g/mol. The number of alkyl halides is 9. The highest BCUT2D eigenvalue weighted by molar-refractivity contribution is 7.91. The lowest BCUT2D eigenvalue weighted by atomic mass is 10.0. The molecule has 0 aliphatic carbocycles. The third kappa shape index (κ3) is 4.07. The Bertz CT molecular complexity index is 1400. The largest absolute Gasteiger partial charge is 0.460 e. The summed E-state index contributed by atoms with van der Waals surface area (Å²) in [7, 11) is -2.18. The summed E-state index contributed by atoms with van der Waals surface area (Å²) in [5.74, 6) is -22.2. The molecule has 0 amide bonds. The summed E-state index contributed by atoms with van der Waals surface area (Å²) >= 11 is 0. The Balaban J connectivity index is 2.25. The van der Waals surface area contributed by atoms with Gasteiger partial charge in [-0.1, -0.05) is 6.92 Å². The fourth-order valence-electron chi connectivity index (χ4n) is 2.92. The van der Waals surface area contributed by atoms with Crippen molar-refractivity contribution in [3.05, 3.63) is 24.4 Å². The summed E-state index contributed by atoms with van der Waals surface area (Å²) in [4.78, 5) is 14.2. The van der Waals surface area contributed by atoms with Gasteiger partial charge in [0.15, 0.2) is 21.5 Å². The monoisotopic (exact) mass is 551 g/mol. The van der Waals surface area contributed by atoms with Crippen LogP contribution in [-0.2, 0) is 29.9 Å². The Kier molecular flexibility index (Phi) is 6.39. The van der Waals surface area contributed by atoms with E-state index in [2.05, 4.69) is 25.0 Å². The lowest BCUT2D eigenvalue weighted by Crippen LogP contribution is -2.59. The Hall–Kier alpha value is -3.25. The summed E-state index contributed by atoms with van der Waals surface area (Å²) in [6.45, 7) is 1.20. The molecule has 3 heterocycles. The molecule has 0 aromatic carbocycles. The molecule has 3 aromatic heterocycles. The van der Waals surface area contributed by atoms with Gasteiger partial charge in [0, 0.05) is 14.1 Å². The second-order valence-corrected chi connectivity index (χ2v) is 9.55. The average Bonchev–Trinajstić information content (AvgIpc) is 3.38. The first-order chi connectivity index (χ1) is 16.3. The number of sulfone groups is 1. The molecule has 36 heavy (non-hydrogen) atoms. The molecule has 0 N–H and O–H groups in total. The van der Waals surface area contributed by atoms with Crippen molar-refractivity contribution in [3.8, 4) is 23.2 Å². The zero-order chi connectivity index (χ0) is 27.5. The first-order valence-corrected chi connectivity index (χ1v) is 11.1. The molecule has 0 radical (unpaired) electrons. The van der Waals surface area contributed by atoms with Crippen molar-refractivity contribution in [1.82, 2.24) is 34.3 Å². The lowest BCUT2D eigenvalue weighted by molar-refractivity contribution is -0.400. The van der Waals surface area contributed by atoms with Crippen LogP contribution in [0.4, 0.5) is 39.5 Å². The molecule has 0 atom stereocenters. The van der Waals surface area contributed by atoms with E-state index >= 15 is 0 Å². The van der Waals surface area contributed by atoms with Crippen LogP contribution in [0.3, 0.4) is 0 Å². The molecule has 0 spiro atoms. The molecular formula is C17H14F9N7O2S. The highest BCUT2D eigenvalue weighted by Crippen LogP contribution is 2.56. The van der Waals surface area contributed by atoms with Crippen LogP contribution in [0.15, 0.2) is 23.6 Å². The van der Waals surface area contributed by atoms with E-state index in [0.29, 0.717) is 7.05 Å². The minimum atomic E-state index is -7.13. The minimum Gasteiger partial charge on any atom is -0.325 e. The van der Waals surface area contributed by atoms with Gasteiger partial charge in [-0.05, 0) is 0 Å². The fourth-order valence-corrected chi connectivity index (χ4v) is 3.88. The Morgan fingerprint density at radius 1 is 0.861 bits per heavy atom. The molecule has 9 nitrogen and oxygen atoms in total. The van der Waals surface area contributed by atoms with Crippen LogP contribution < -0.4 is 0 Å². The number of nitrogens with zero attached hydrogens (tertiary/aromatic N) is 7. The predicted molar refractivity (Wildman–Crippen MR) is 102 cm³/mol. The van der Waals surface area contributed by atoms with Crippen molar-refractivity contribution in [2.45, 2.75) is 35.8 Å². The lowest BCUT2D eigenvalue weighted by Gasteiger charge is -2.33. The van der Waals surface area contributed by atoms with Crippen LogP contribution in [0.2, 0.25) is 0 Å². The topological polar surface area (TPSA) is 108 Å². The Labute approximate surface area is 195 Å². The fraction of sp³-hybridized carbons (Fsp3) is 0.471. The highest BCUT2D eigenvalue weighted by atomic mass is 32.2. The molecule has 19 heteroatoms. The molecule has 198 valence electrons. The summed E-state index contributed by atoms with van der Waals surface area (Å²) in [6, 6.07) is 0. The van der Waals surface area contributed by atoms with Gasteiger partial charge in [0.05, 0.1) is 18.1 Å². The number of hydrogen-bond donors (Lipinski definition) is 0. The van der Waals surface area contributed by atoms with Crippen LogP contribution in [-0.4, -0.2) is 66.5 Å². The zero-order valence-corrected chi connectivity index (χ0v) is 19.0. The van der Waals surface area contributed by atoms with Crippen LogP contribution >= 0.6 is 0 Å².